The first-order valence-electron chi connectivity index (χ1n) is 11.9. The Morgan fingerprint density at radius 3 is 2.61 bits per heavy atom. The number of nitrogens with one attached hydrogen (secondary N) is 1. The molecule has 1 saturated carbocycles. The number of carbonyl (C=O) groups excluding carboxylic acids is 2. The topological polar surface area (TPSA) is 115 Å². The van der Waals surface area contributed by atoms with Crippen LogP contribution >= 0.6 is 0 Å². The quantitative estimate of drug-likeness (QED) is 0.486. The Hall–Kier alpha value is -3.67. The van der Waals surface area contributed by atoms with E-state index >= 15 is 0 Å². The van der Waals surface area contributed by atoms with E-state index in [9.17, 15) is 18.4 Å². The molecule has 1 N–H and O–H groups in total. The standard InChI is InChI=1S/C24H26F2N6O4/c25-22(26)21-17(11-32(30-21)16-3-1-15(12-33)2-4-16)20-18(29-24(34)19-13-36-14-28-19)5-6-27-23(20)31-7-9-35-10-8-31/h5-6,11-16,22H,1-4,7-10H2,(H,27,29,34). The summed E-state index contributed by atoms with van der Waals surface area (Å²) in [6.07, 6.45) is 6.33. The average Bonchev–Trinajstić information content (AvgIpc) is 3.60. The second-order valence-electron chi connectivity index (χ2n) is 8.90. The van der Waals surface area contributed by atoms with Gasteiger partial charge in [-0.1, -0.05) is 0 Å². The molecule has 1 aliphatic heterocycles. The molecule has 0 atom stereocenters. The van der Waals surface area contributed by atoms with E-state index in [0.29, 0.717) is 69.1 Å². The first-order valence-corrected chi connectivity index (χ1v) is 11.9. The molecule has 1 amide bonds. The molecule has 0 aromatic carbocycles. The molecule has 0 spiro atoms. The molecule has 10 nitrogen and oxygen atoms in total. The number of oxazole rings is 1. The Kier molecular flexibility index (Phi) is 7.03. The molecule has 36 heavy (non-hydrogen) atoms. The maximum absolute atomic E-state index is 14.3. The Bertz CT molecular complexity index is 1200. The minimum Gasteiger partial charge on any atom is -0.451 e. The van der Waals surface area contributed by atoms with E-state index in [-0.39, 0.29) is 28.9 Å². The van der Waals surface area contributed by atoms with Crippen LogP contribution in [0, 0.1) is 5.92 Å². The number of hydrogen-bond acceptors (Lipinski definition) is 8. The van der Waals surface area contributed by atoms with Crippen molar-refractivity contribution in [2.75, 3.05) is 36.5 Å². The predicted octanol–water partition coefficient (Wildman–Crippen LogP) is 3.89. The van der Waals surface area contributed by atoms with Crippen LogP contribution in [0.5, 0.6) is 0 Å². The number of amides is 1. The van der Waals surface area contributed by atoms with Crippen molar-refractivity contribution in [3.05, 3.63) is 42.5 Å². The molecule has 190 valence electrons. The number of alkyl halides is 2. The fourth-order valence-electron chi connectivity index (χ4n) is 4.80. The SMILES string of the molecule is O=CC1CCC(n2cc(-c3c(NC(=O)c4cocn4)ccnc3N3CCOCC3)c(C(F)F)n2)CC1. The van der Waals surface area contributed by atoms with E-state index in [2.05, 4.69) is 20.4 Å². The van der Waals surface area contributed by atoms with Crippen LogP contribution in [0.15, 0.2) is 35.5 Å². The zero-order valence-corrected chi connectivity index (χ0v) is 19.5. The number of nitrogens with zero attached hydrogens (tertiary/aromatic N) is 5. The summed E-state index contributed by atoms with van der Waals surface area (Å²) in [6, 6.07) is 1.48. The number of pyridine rings is 1. The van der Waals surface area contributed by atoms with Crippen LogP contribution in [-0.4, -0.2) is 58.2 Å². The molecule has 12 heteroatoms. The van der Waals surface area contributed by atoms with E-state index in [1.807, 2.05) is 4.90 Å². The third-order valence-electron chi connectivity index (χ3n) is 6.70. The molecule has 4 heterocycles. The number of anilines is 2. The number of carbonyl (C=O) groups is 2. The minimum absolute atomic E-state index is 0.00422. The van der Waals surface area contributed by atoms with Gasteiger partial charge in [-0.25, -0.2) is 18.7 Å². The van der Waals surface area contributed by atoms with Crippen LogP contribution in [0.1, 0.15) is 54.3 Å². The molecular formula is C24H26F2N6O4. The summed E-state index contributed by atoms with van der Waals surface area (Å²) in [5.41, 5.74) is 0.548. The Morgan fingerprint density at radius 1 is 1.17 bits per heavy atom. The van der Waals surface area contributed by atoms with Crippen molar-refractivity contribution in [2.45, 2.75) is 38.2 Å². The highest BCUT2D eigenvalue weighted by atomic mass is 19.3. The Morgan fingerprint density at radius 2 is 1.94 bits per heavy atom. The fourth-order valence-corrected chi connectivity index (χ4v) is 4.80. The van der Waals surface area contributed by atoms with E-state index in [1.165, 1.54) is 12.5 Å². The van der Waals surface area contributed by atoms with Gasteiger partial charge in [-0.2, -0.15) is 5.10 Å². The normalized spacial score (nSPS) is 20.5. The number of ether oxygens (including phenoxy) is 1. The van der Waals surface area contributed by atoms with Gasteiger partial charge in [-0.15, -0.1) is 0 Å². The van der Waals surface area contributed by atoms with E-state index in [4.69, 9.17) is 9.15 Å². The van der Waals surface area contributed by atoms with Crippen molar-refractivity contribution < 1.29 is 27.5 Å². The second kappa shape index (κ2) is 10.5. The summed E-state index contributed by atoms with van der Waals surface area (Å²) in [7, 11) is 0. The van der Waals surface area contributed by atoms with Gasteiger partial charge in [-0.05, 0) is 31.7 Å². The number of morpholine rings is 1. The molecule has 3 aromatic heterocycles. The smallest absolute Gasteiger partial charge is 0.282 e. The summed E-state index contributed by atoms with van der Waals surface area (Å²) in [4.78, 5) is 34.3. The van der Waals surface area contributed by atoms with Gasteiger partial charge in [0.1, 0.15) is 24.1 Å². The lowest BCUT2D eigenvalue weighted by atomic mass is 9.87. The van der Waals surface area contributed by atoms with Crippen molar-refractivity contribution >= 4 is 23.7 Å². The number of halogens is 2. The summed E-state index contributed by atoms with van der Waals surface area (Å²) in [5.74, 6) is -0.0832. The third-order valence-corrected chi connectivity index (χ3v) is 6.70. The minimum atomic E-state index is -2.84. The van der Waals surface area contributed by atoms with Crippen LogP contribution in [0.4, 0.5) is 20.3 Å². The molecule has 2 fully saturated rings. The number of hydrogen-bond donors (Lipinski definition) is 1. The van der Waals surface area contributed by atoms with Crippen LogP contribution in [0.3, 0.4) is 0 Å². The summed E-state index contributed by atoms with van der Waals surface area (Å²) < 4.78 is 40.6. The fraction of sp³-hybridized carbons (Fsp3) is 0.458. The predicted molar refractivity (Wildman–Crippen MR) is 125 cm³/mol. The van der Waals surface area contributed by atoms with Gasteiger partial charge in [0, 0.05) is 37.0 Å². The summed E-state index contributed by atoms with van der Waals surface area (Å²) in [6.45, 7) is 1.98. The highest BCUT2D eigenvalue weighted by molar-refractivity contribution is 6.06. The largest absolute Gasteiger partial charge is 0.451 e. The third kappa shape index (κ3) is 4.85. The second-order valence-corrected chi connectivity index (χ2v) is 8.90. The molecule has 1 saturated heterocycles. The summed E-state index contributed by atoms with van der Waals surface area (Å²) in [5, 5.41) is 7.06. The Labute approximate surface area is 205 Å². The van der Waals surface area contributed by atoms with Gasteiger partial charge < -0.3 is 24.2 Å². The number of rotatable bonds is 7. The monoisotopic (exact) mass is 500 g/mol. The van der Waals surface area contributed by atoms with Crippen LogP contribution < -0.4 is 10.2 Å². The summed E-state index contributed by atoms with van der Waals surface area (Å²) >= 11 is 0. The van der Waals surface area contributed by atoms with Crippen molar-refractivity contribution in [2.24, 2.45) is 5.92 Å². The maximum Gasteiger partial charge on any atom is 0.282 e. The van der Waals surface area contributed by atoms with Crippen molar-refractivity contribution in [3.8, 4) is 11.1 Å². The van der Waals surface area contributed by atoms with Crippen LogP contribution in [0.25, 0.3) is 11.1 Å². The highest BCUT2D eigenvalue weighted by Crippen LogP contribution is 2.42. The van der Waals surface area contributed by atoms with Gasteiger partial charge in [0.25, 0.3) is 12.3 Å². The number of aldehydes is 1. The average molecular weight is 501 g/mol. The number of aromatic nitrogens is 4. The molecule has 1 aliphatic carbocycles. The highest BCUT2D eigenvalue weighted by Gasteiger charge is 2.30. The van der Waals surface area contributed by atoms with E-state index in [0.717, 1.165) is 12.7 Å². The zero-order valence-electron chi connectivity index (χ0n) is 19.5. The van der Waals surface area contributed by atoms with Gasteiger partial charge in [0.05, 0.1) is 30.5 Å². The van der Waals surface area contributed by atoms with Crippen molar-refractivity contribution in [3.63, 3.8) is 0 Å². The first kappa shape index (κ1) is 24.0. The van der Waals surface area contributed by atoms with Gasteiger partial charge in [-0.3, -0.25) is 9.48 Å². The molecule has 3 aromatic rings. The molecule has 0 radical (unpaired) electrons. The first-order chi connectivity index (χ1) is 17.5. The van der Waals surface area contributed by atoms with Gasteiger partial charge in [0.2, 0.25) is 0 Å². The Balaban J connectivity index is 1.58. The van der Waals surface area contributed by atoms with Gasteiger partial charge in [0.15, 0.2) is 12.1 Å². The van der Waals surface area contributed by atoms with Crippen molar-refractivity contribution in [1.82, 2.24) is 19.7 Å². The molecular weight excluding hydrogens is 474 g/mol. The van der Waals surface area contributed by atoms with Gasteiger partial charge >= 0.3 is 0 Å². The van der Waals surface area contributed by atoms with Crippen molar-refractivity contribution in [1.29, 1.82) is 0 Å². The van der Waals surface area contributed by atoms with Crippen LogP contribution in [-0.2, 0) is 9.53 Å². The lowest BCUT2D eigenvalue weighted by Gasteiger charge is -2.30. The molecule has 2 aliphatic rings. The maximum atomic E-state index is 14.3. The van der Waals surface area contributed by atoms with Crippen LogP contribution in [0.2, 0.25) is 0 Å². The van der Waals surface area contributed by atoms with E-state index < -0.39 is 12.3 Å². The molecule has 0 bridgehead atoms. The zero-order chi connectivity index (χ0) is 25.1. The molecule has 5 rings (SSSR count). The van der Waals surface area contributed by atoms with E-state index in [1.54, 1.807) is 16.9 Å². The lowest BCUT2D eigenvalue weighted by Crippen LogP contribution is -2.37. The molecule has 0 unspecified atom stereocenters. The lowest BCUT2D eigenvalue weighted by molar-refractivity contribution is -0.112.